The number of benzene rings is 2. The topological polar surface area (TPSA) is 69.7 Å². The van der Waals surface area contributed by atoms with Crippen molar-refractivity contribution in [2.45, 2.75) is 37.3 Å². The summed E-state index contributed by atoms with van der Waals surface area (Å²) < 4.78 is 66.7. The fraction of sp³-hybridized carbons (Fsp3) is 0.458. The van der Waals surface area contributed by atoms with Gasteiger partial charge in [-0.25, -0.2) is 8.42 Å². The average molecular weight is 498 g/mol. The van der Waals surface area contributed by atoms with Crippen LogP contribution >= 0.6 is 0 Å². The number of sulfonamides is 1. The van der Waals surface area contributed by atoms with Gasteiger partial charge in [0.05, 0.1) is 10.5 Å². The van der Waals surface area contributed by atoms with Crippen molar-refractivity contribution in [1.29, 1.82) is 0 Å². The van der Waals surface area contributed by atoms with Crippen LogP contribution in [0.25, 0.3) is 0 Å². The van der Waals surface area contributed by atoms with Crippen molar-refractivity contribution >= 4 is 21.6 Å². The Bertz CT molecular complexity index is 1050. The Morgan fingerprint density at radius 1 is 1.06 bits per heavy atom. The molecule has 0 atom stereocenters. The van der Waals surface area contributed by atoms with E-state index in [9.17, 15) is 26.4 Å². The second-order valence-electron chi connectivity index (χ2n) is 8.23. The molecule has 10 heteroatoms. The van der Waals surface area contributed by atoms with E-state index in [0.29, 0.717) is 6.54 Å². The number of amides is 1. The van der Waals surface area contributed by atoms with E-state index in [0.717, 1.165) is 47.7 Å². The molecule has 1 aliphatic rings. The van der Waals surface area contributed by atoms with Crippen LogP contribution in [-0.2, 0) is 21.0 Å². The summed E-state index contributed by atoms with van der Waals surface area (Å²) in [6.07, 6.45) is -3.47. The van der Waals surface area contributed by atoms with Crippen LogP contribution in [0.15, 0.2) is 59.5 Å². The second kappa shape index (κ2) is 11.2. The smallest absolute Gasteiger partial charge is 0.372 e. The van der Waals surface area contributed by atoms with Gasteiger partial charge in [-0.2, -0.15) is 17.5 Å². The van der Waals surface area contributed by atoms with Gasteiger partial charge in [0.2, 0.25) is 15.9 Å². The largest absolute Gasteiger partial charge is 0.417 e. The lowest BCUT2D eigenvalue weighted by molar-refractivity contribution is -0.139. The maximum atomic E-state index is 13.3. The van der Waals surface area contributed by atoms with Crippen molar-refractivity contribution in [3.63, 3.8) is 0 Å². The van der Waals surface area contributed by atoms with Crippen molar-refractivity contribution in [2.24, 2.45) is 5.92 Å². The van der Waals surface area contributed by atoms with Crippen molar-refractivity contribution in [2.75, 3.05) is 37.6 Å². The van der Waals surface area contributed by atoms with Crippen molar-refractivity contribution in [3.8, 4) is 0 Å². The first kappa shape index (κ1) is 26.0. The van der Waals surface area contributed by atoms with E-state index in [-0.39, 0.29) is 37.8 Å². The highest BCUT2D eigenvalue weighted by Crippen LogP contribution is 2.36. The summed E-state index contributed by atoms with van der Waals surface area (Å²) in [5, 5.41) is 2.92. The van der Waals surface area contributed by atoms with Gasteiger partial charge in [0, 0.05) is 44.3 Å². The molecular weight excluding hydrogens is 467 g/mol. The lowest BCUT2D eigenvalue weighted by atomic mass is 9.97. The number of carbonyl (C=O) groups excluding carboxylic acids is 1. The number of rotatable bonds is 9. The third-order valence-corrected chi connectivity index (χ3v) is 8.00. The number of anilines is 1. The van der Waals surface area contributed by atoms with Gasteiger partial charge in [-0.3, -0.25) is 4.79 Å². The standard InChI is InChI=1S/C24H30F3N3O3S/c1-2-29(20-9-4-3-5-10-20)16-8-15-28-23(31)19-13-17-30(18-14-19)34(32,33)22-12-7-6-11-21(22)24(25,26)27/h3-7,9-12,19H,2,8,13-18H2,1H3,(H,28,31). The van der Waals surface area contributed by atoms with Crippen LogP contribution in [0.1, 0.15) is 31.7 Å². The zero-order valence-electron chi connectivity index (χ0n) is 19.1. The number of alkyl halides is 3. The predicted molar refractivity (Wildman–Crippen MR) is 125 cm³/mol. The average Bonchev–Trinajstić information content (AvgIpc) is 2.84. The highest BCUT2D eigenvalue weighted by atomic mass is 32.2. The number of para-hydroxylation sites is 1. The molecule has 1 N–H and O–H groups in total. The molecule has 0 aliphatic carbocycles. The minimum absolute atomic E-state index is 0.00420. The molecule has 0 saturated carbocycles. The van der Waals surface area contributed by atoms with E-state index in [1.807, 2.05) is 30.3 Å². The SMILES string of the molecule is CCN(CCCNC(=O)C1CCN(S(=O)(=O)c2ccccc2C(F)(F)F)CC1)c1ccccc1. The Morgan fingerprint density at radius 3 is 2.29 bits per heavy atom. The van der Waals surface area contributed by atoms with Gasteiger partial charge >= 0.3 is 6.18 Å². The lowest BCUT2D eigenvalue weighted by Gasteiger charge is -2.31. The maximum Gasteiger partial charge on any atom is 0.417 e. The second-order valence-corrected chi connectivity index (χ2v) is 10.1. The molecule has 186 valence electrons. The molecule has 1 fully saturated rings. The molecule has 0 radical (unpaired) electrons. The van der Waals surface area contributed by atoms with E-state index >= 15 is 0 Å². The molecule has 0 aromatic heterocycles. The molecule has 0 unspecified atom stereocenters. The Morgan fingerprint density at radius 2 is 1.68 bits per heavy atom. The lowest BCUT2D eigenvalue weighted by Crippen LogP contribution is -2.43. The van der Waals surface area contributed by atoms with E-state index in [1.54, 1.807) is 0 Å². The maximum absolute atomic E-state index is 13.3. The molecular formula is C24H30F3N3O3S. The summed E-state index contributed by atoms with van der Waals surface area (Å²) in [4.78, 5) is 14.0. The zero-order valence-corrected chi connectivity index (χ0v) is 19.9. The summed E-state index contributed by atoms with van der Waals surface area (Å²) in [5.74, 6) is -0.504. The normalized spacial score (nSPS) is 15.8. The molecule has 1 saturated heterocycles. The first-order valence-electron chi connectivity index (χ1n) is 11.4. The molecule has 0 spiro atoms. The quantitative estimate of drug-likeness (QED) is 0.529. The fourth-order valence-corrected chi connectivity index (χ4v) is 5.84. The molecule has 2 aromatic carbocycles. The first-order valence-corrected chi connectivity index (χ1v) is 12.8. The Hall–Kier alpha value is -2.59. The molecule has 1 aliphatic heterocycles. The highest BCUT2D eigenvalue weighted by molar-refractivity contribution is 7.89. The van der Waals surface area contributed by atoms with Gasteiger partial charge in [0.15, 0.2) is 0 Å². The van der Waals surface area contributed by atoms with Crippen LogP contribution in [-0.4, -0.2) is 51.4 Å². The van der Waals surface area contributed by atoms with E-state index in [4.69, 9.17) is 0 Å². The molecule has 1 amide bonds. The number of nitrogens with zero attached hydrogens (tertiary/aromatic N) is 2. The summed E-state index contributed by atoms with van der Waals surface area (Å²) >= 11 is 0. The van der Waals surface area contributed by atoms with Crippen molar-refractivity contribution in [1.82, 2.24) is 9.62 Å². The summed E-state index contributed by atoms with van der Waals surface area (Å²) in [7, 11) is -4.31. The highest BCUT2D eigenvalue weighted by Gasteiger charge is 2.40. The Kier molecular flexibility index (Phi) is 8.59. The van der Waals surface area contributed by atoms with Gasteiger partial charge in [-0.05, 0) is 50.5 Å². The minimum Gasteiger partial charge on any atom is -0.372 e. The number of halogens is 3. The summed E-state index contributed by atoms with van der Waals surface area (Å²) in [6, 6.07) is 14.2. The van der Waals surface area contributed by atoms with Crippen LogP contribution in [0, 0.1) is 5.92 Å². The van der Waals surface area contributed by atoms with Crippen LogP contribution < -0.4 is 10.2 Å². The van der Waals surface area contributed by atoms with E-state index < -0.39 is 26.7 Å². The minimum atomic E-state index is -4.77. The number of hydrogen-bond acceptors (Lipinski definition) is 4. The van der Waals surface area contributed by atoms with Gasteiger partial charge in [-0.15, -0.1) is 0 Å². The van der Waals surface area contributed by atoms with Crippen LogP contribution in [0.3, 0.4) is 0 Å². The number of carbonyl (C=O) groups is 1. The zero-order chi connectivity index (χ0) is 24.8. The van der Waals surface area contributed by atoms with E-state index in [1.165, 1.54) is 6.07 Å². The first-order chi connectivity index (χ1) is 16.1. The molecule has 2 aromatic rings. The predicted octanol–water partition coefficient (Wildman–Crippen LogP) is 4.14. The third-order valence-electron chi connectivity index (χ3n) is 6.04. The number of hydrogen-bond donors (Lipinski definition) is 1. The Labute approximate surface area is 198 Å². The van der Waals surface area contributed by atoms with Gasteiger partial charge in [0.25, 0.3) is 0 Å². The van der Waals surface area contributed by atoms with Crippen molar-refractivity contribution in [3.05, 3.63) is 60.2 Å². The number of nitrogens with one attached hydrogen (secondary N) is 1. The third kappa shape index (κ3) is 6.29. The van der Waals surface area contributed by atoms with Gasteiger partial charge in [0.1, 0.15) is 0 Å². The fourth-order valence-electron chi connectivity index (χ4n) is 4.16. The number of piperidine rings is 1. The molecule has 3 rings (SSSR count). The van der Waals surface area contributed by atoms with Gasteiger partial charge in [-0.1, -0.05) is 30.3 Å². The Balaban J connectivity index is 1.49. The van der Waals surface area contributed by atoms with Crippen LogP contribution in [0.4, 0.5) is 18.9 Å². The summed E-state index contributed by atoms with van der Waals surface area (Å²) in [6.45, 7) is 4.22. The molecule has 1 heterocycles. The van der Waals surface area contributed by atoms with E-state index in [2.05, 4.69) is 17.1 Å². The molecule has 34 heavy (non-hydrogen) atoms. The molecule has 0 bridgehead atoms. The summed E-state index contributed by atoms with van der Waals surface area (Å²) in [5.41, 5.74) is -0.0523. The van der Waals surface area contributed by atoms with Crippen LogP contribution in [0.5, 0.6) is 0 Å². The monoisotopic (exact) mass is 497 g/mol. The van der Waals surface area contributed by atoms with Crippen LogP contribution in [0.2, 0.25) is 0 Å². The molecule has 6 nitrogen and oxygen atoms in total. The van der Waals surface area contributed by atoms with Gasteiger partial charge < -0.3 is 10.2 Å². The van der Waals surface area contributed by atoms with Crippen molar-refractivity contribution < 1.29 is 26.4 Å².